The lowest BCUT2D eigenvalue weighted by Crippen LogP contribution is -2.25. The van der Waals surface area contributed by atoms with Gasteiger partial charge in [-0.3, -0.25) is 0 Å². The highest BCUT2D eigenvalue weighted by Crippen LogP contribution is 2.27. The number of halogens is 1. The minimum absolute atomic E-state index is 0.346. The van der Waals surface area contributed by atoms with Crippen LogP contribution in [0.5, 0.6) is 0 Å². The first-order chi connectivity index (χ1) is 6.58. The van der Waals surface area contributed by atoms with Gasteiger partial charge in [0.15, 0.2) is 0 Å². The van der Waals surface area contributed by atoms with Crippen LogP contribution in [-0.4, -0.2) is 27.0 Å². The van der Waals surface area contributed by atoms with Crippen molar-refractivity contribution in [3.63, 3.8) is 0 Å². The molecular weight excluding hydrogens is 306 g/mol. The Morgan fingerprint density at radius 2 is 2.36 bits per heavy atom. The van der Waals surface area contributed by atoms with Crippen LogP contribution < -0.4 is 4.72 Å². The Morgan fingerprint density at radius 1 is 1.64 bits per heavy atom. The number of hydrogen-bond acceptors (Lipinski definition) is 4. The summed E-state index contributed by atoms with van der Waals surface area (Å²) in [7, 11) is -3.31. The smallest absolute Gasteiger partial charge is 0.210 e. The molecule has 0 amide bonds. The van der Waals surface area contributed by atoms with Crippen molar-refractivity contribution < 1.29 is 8.42 Å². The molecule has 0 bridgehead atoms. The number of thioether (sulfide) groups is 1. The lowest BCUT2D eigenvalue weighted by atomic mass is 10.7. The van der Waals surface area contributed by atoms with Gasteiger partial charge in [0.25, 0.3) is 10.0 Å². The van der Waals surface area contributed by atoms with Crippen LogP contribution in [0.3, 0.4) is 0 Å². The summed E-state index contributed by atoms with van der Waals surface area (Å²) in [6.07, 6.45) is 1.94. The highest BCUT2D eigenvalue weighted by Gasteiger charge is 2.17. The Hall–Kier alpha value is 0.440. The molecule has 0 saturated carbocycles. The first-order valence-corrected chi connectivity index (χ1v) is 8.34. The predicted molar refractivity (Wildman–Crippen MR) is 65.6 cm³/mol. The Kier molecular flexibility index (Phi) is 4.92. The largest absolute Gasteiger partial charge is 0.251 e. The number of sulfonamides is 1. The average molecular weight is 316 g/mol. The molecule has 1 heterocycles. The van der Waals surface area contributed by atoms with E-state index in [0.717, 1.165) is 5.75 Å². The third kappa shape index (κ3) is 3.23. The monoisotopic (exact) mass is 315 g/mol. The predicted octanol–water partition coefficient (Wildman–Crippen LogP) is 2.15. The lowest BCUT2D eigenvalue weighted by molar-refractivity contribution is 0.586. The van der Waals surface area contributed by atoms with Crippen LogP contribution in [0.4, 0.5) is 0 Å². The summed E-state index contributed by atoms with van der Waals surface area (Å²) in [5.74, 6) is 0.780. The molecule has 1 rings (SSSR count). The van der Waals surface area contributed by atoms with E-state index in [-0.39, 0.29) is 0 Å². The SMILES string of the molecule is CSCCNS(=O)(=O)c1sccc1Br. The first-order valence-electron chi connectivity index (χ1n) is 3.79. The molecule has 0 aliphatic carbocycles. The Morgan fingerprint density at radius 3 is 2.86 bits per heavy atom. The van der Waals surface area contributed by atoms with E-state index in [4.69, 9.17) is 0 Å². The molecule has 7 heteroatoms. The van der Waals surface area contributed by atoms with E-state index in [1.54, 1.807) is 23.2 Å². The van der Waals surface area contributed by atoms with Crippen molar-refractivity contribution in [2.75, 3.05) is 18.6 Å². The van der Waals surface area contributed by atoms with Gasteiger partial charge in [0, 0.05) is 16.8 Å². The van der Waals surface area contributed by atoms with Crippen molar-refractivity contribution in [2.45, 2.75) is 4.21 Å². The molecule has 0 unspecified atom stereocenters. The van der Waals surface area contributed by atoms with Crippen LogP contribution in [0.2, 0.25) is 0 Å². The molecule has 1 aromatic rings. The summed E-state index contributed by atoms with van der Waals surface area (Å²) in [6.45, 7) is 0.466. The minimum Gasteiger partial charge on any atom is -0.210 e. The fourth-order valence-corrected chi connectivity index (χ4v) is 4.66. The molecule has 0 spiro atoms. The molecule has 0 aliphatic rings. The number of nitrogens with one attached hydrogen (secondary N) is 1. The van der Waals surface area contributed by atoms with Gasteiger partial charge in [0.2, 0.25) is 0 Å². The van der Waals surface area contributed by atoms with Crippen molar-refractivity contribution in [1.29, 1.82) is 0 Å². The molecule has 14 heavy (non-hydrogen) atoms. The molecule has 1 N–H and O–H groups in total. The molecule has 0 aliphatic heterocycles. The maximum atomic E-state index is 11.6. The topological polar surface area (TPSA) is 46.2 Å². The molecule has 0 fully saturated rings. The molecule has 80 valence electrons. The zero-order chi connectivity index (χ0) is 10.6. The zero-order valence-electron chi connectivity index (χ0n) is 7.49. The lowest BCUT2D eigenvalue weighted by Gasteiger charge is -2.03. The van der Waals surface area contributed by atoms with Crippen molar-refractivity contribution in [3.8, 4) is 0 Å². The molecule has 0 saturated heterocycles. The fraction of sp³-hybridized carbons (Fsp3) is 0.429. The summed E-state index contributed by atoms with van der Waals surface area (Å²) < 4.78 is 26.8. The fourth-order valence-electron chi connectivity index (χ4n) is 0.815. The highest BCUT2D eigenvalue weighted by molar-refractivity contribution is 9.10. The van der Waals surface area contributed by atoms with Gasteiger partial charge in [-0.1, -0.05) is 0 Å². The van der Waals surface area contributed by atoms with Crippen LogP contribution in [0, 0.1) is 0 Å². The molecule has 1 aromatic heterocycles. The van der Waals surface area contributed by atoms with E-state index in [9.17, 15) is 8.42 Å². The zero-order valence-corrected chi connectivity index (χ0v) is 11.5. The van der Waals surface area contributed by atoms with Crippen LogP contribution in [0.25, 0.3) is 0 Å². The van der Waals surface area contributed by atoms with E-state index >= 15 is 0 Å². The van der Waals surface area contributed by atoms with Gasteiger partial charge in [-0.15, -0.1) is 11.3 Å². The van der Waals surface area contributed by atoms with E-state index in [0.29, 0.717) is 15.2 Å². The second-order valence-corrected chi connectivity index (χ2v) is 7.16. The van der Waals surface area contributed by atoms with Gasteiger partial charge in [-0.05, 0) is 33.6 Å². The van der Waals surface area contributed by atoms with Crippen molar-refractivity contribution in [1.82, 2.24) is 4.72 Å². The average Bonchev–Trinajstić information content (AvgIpc) is 2.52. The second-order valence-electron chi connectivity index (χ2n) is 2.45. The maximum Gasteiger partial charge on any atom is 0.251 e. The van der Waals surface area contributed by atoms with Gasteiger partial charge in [-0.25, -0.2) is 13.1 Å². The van der Waals surface area contributed by atoms with Gasteiger partial charge in [0.1, 0.15) is 4.21 Å². The van der Waals surface area contributed by atoms with E-state index in [1.807, 2.05) is 6.26 Å². The Labute approximate surface area is 100 Å². The van der Waals surface area contributed by atoms with Gasteiger partial charge < -0.3 is 0 Å². The van der Waals surface area contributed by atoms with Crippen LogP contribution in [0.1, 0.15) is 0 Å². The number of hydrogen-bond donors (Lipinski definition) is 1. The van der Waals surface area contributed by atoms with Crippen molar-refractivity contribution in [2.24, 2.45) is 0 Å². The normalized spacial score (nSPS) is 11.9. The van der Waals surface area contributed by atoms with E-state index in [2.05, 4.69) is 20.7 Å². The molecule has 3 nitrogen and oxygen atoms in total. The van der Waals surface area contributed by atoms with Crippen LogP contribution in [0.15, 0.2) is 20.1 Å². The van der Waals surface area contributed by atoms with Crippen molar-refractivity contribution in [3.05, 3.63) is 15.9 Å². The van der Waals surface area contributed by atoms with Crippen LogP contribution in [-0.2, 0) is 10.0 Å². The van der Waals surface area contributed by atoms with E-state index < -0.39 is 10.0 Å². The molecule has 0 aromatic carbocycles. The standard InChI is InChI=1S/C7H10BrNO2S3/c1-12-5-3-9-14(10,11)7-6(8)2-4-13-7/h2,4,9H,3,5H2,1H3. The maximum absolute atomic E-state index is 11.6. The molecule has 0 atom stereocenters. The van der Waals surface area contributed by atoms with E-state index in [1.165, 1.54) is 11.3 Å². The molecule has 0 radical (unpaired) electrons. The summed E-state index contributed by atoms with van der Waals surface area (Å²) in [5, 5.41) is 1.74. The minimum atomic E-state index is -3.31. The molecular formula is C7H10BrNO2S3. The summed E-state index contributed by atoms with van der Waals surface area (Å²) in [5.41, 5.74) is 0. The van der Waals surface area contributed by atoms with Gasteiger partial charge in [-0.2, -0.15) is 11.8 Å². The first kappa shape index (κ1) is 12.5. The second kappa shape index (κ2) is 5.50. The summed E-state index contributed by atoms with van der Waals surface area (Å²) in [6, 6.07) is 1.73. The van der Waals surface area contributed by atoms with Gasteiger partial charge >= 0.3 is 0 Å². The number of rotatable bonds is 5. The third-order valence-electron chi connectivity index (χ3n) is 1.43. The highest BCUT2D eigenvalue weighted by atomic mass is 79.9. The Balaban J connectivity index is 2.72. The van der Waals surface area contributed by atoms with Crippen LogP contribution >= 0.6 is 39.0 Å². The third-order valence-corrected chi connectivity index (χ3v) is 6.17. The number of thiophene rings is 1. The summed E-state index contributed by atoms with van der Waals surface area (Å²) in [4.78, 5) is 0. The van der Waals surface area contributed by atoms with Gasteiger partial charge in [0.05, 0.1) is 0 Å². The van der Waals surface area contributed by atoms with Crippen molar-refractivity contribution >= 4 is 49.1 Å². The Bertz CT molecular complexity index is 387. The summed E-state index contributed by atoms with van der Waals surface area (Å²) >= 11 is 6.02. The quantitative estimate of drug-likeness (QED) is 0.847.